The fourth-order valence-corrected chi connectivity index (χ4v) is 4.16. The maximum atomic E-state index is 12.5. The van der Waals surface area contributed by atoms with Gasteiger partial charge in [-0.05, 0) is 31.2 Å². The SMILES string of the molecule is CN(Cc1cccc(C#N)c1)[C@@H]1CN[C@H](C(=O)N2CCSC2)C1. The van der Waals surface area contributed by atoms with Gasteiger partial charge in [-0.1, -0.05) is 12.1 Å². The molecule has 1 aromatic carbocycles. The number of thioether (sulfide) groups is 1. The van der Waals surface area contributed by atoms with E-state index in [9.17, 15) is 4.79 Å². The Hall–Kier alpha value is -1.55. The summed E-state index contributed by atoms with van der Waals surface area (Å²) in [5, 5.41) is 12.4. The first-order valence-electron chi connectivity index (χ1n) is 7.96. The monoisotopic (exact) mass is 330 g/mol. The molecule has 1 amide bonds. The summed E-state index contributed by atoms with van der Waals surface area (Å²) in [5.74, 6) is 2.13. The van der Waals surface area contributed by atoms with Crippen molar-refractivity contribution >= 4 is 17.7 Å². The van der Waals surface area contributed by atoms with Crippen molar-refractivity contribution in [3.63, 3.8) is 0 Å². The van der Waals surface area contributed by atoms with Crippen LogP contribution in [0.5, 0.6) is 0 Å². The lowest BCUT2D eigenvalue weighted by molar-refractivity contribution is -0.131. The number of hydrogen-bond donors (Lipinski definition) is 1. The molecule has 3 rings (SSSR count). The van der Waals surface area contributed by atoms with Gasteiger partial charge in [0.2, 0.25) is 5.91 Å². The predicted octanol–water partition coefficient (Wildman–Crippen LogP) is 1.25. The van der Waals surface area contributed by atoms with Crippen molar-refractivity contribution < 1.29 is 4.79 Å². The van der Waals surface area contributed by atoms with Crippen LogP contribution in [0.1, 0.15) is 17.5 Å². The van der Waals surface area contributed by atoms with Gasteiger partial charge in [0.05, 0.1) is 23.6 Å². The fraction of sp³-hybridized carbons (Fsp3) is 0.529. The molecule has 0 saturated carbocycles. The molecule has 0 spiro atoms. The number of nitrogens with one attached hydrogen (secondary N) is 1. The van der Waals surface area contributed by atoms with Gasteiger partial charge in [-0.15, -0.1) is 11.8 Å². The van der Waals surface area contributed by atoms with E-state index in [4.69, 9.17) is 5.26 Å². The van der Waals surface area contributed by atoms with E-state index in [1.807, 2.05) is 40.9 Å². The standard InChI is InChI=1S/C17H22N4OS/c1-20(11-14-4-2-3-13(7-14)9-18)15-8-16(19-10-15)17(22)21-5-6-23-12-21/h2-4,7,15-16,19H,5-6,8,10-12H2,1H3/t15-,16-/m0/s1. The molecule has 1 N–H and O–H groups in total. The van der Waals surface area contributed by atoms with E-state index in [0.717, 1.165) is 43.2 Å². The number of carbonyl (C=O) groups is 1. The minimum absolute atomic E-state index is 0.0495. The zero-order valence-corrected chi connectivity index (χ0v) is 14.2. The number of likely N-dealkylation sites (N-methyl/N-ethyl adjacent to an activating group) is 1. The van der Waals surface area contributed by atoms with E-state index in [1.165, 1.54) is 0 Å². The number of carbonyl (C=O) groups excluding carboxylic acids is 1. The Balaban J connectivity index is 1.55. The molecule has 23 heavy (non-hydrogen) atoms. The minimum Gasteiger partial charge on any atom is -0.331 e. The van der Waals surface area contributed by atoms with Crippen LogP contribution in [-0.2, 0) is 11.3 Å². The van der Waals surface area contributed by atoms with E-state index in [1.54, 1.807) is 0 Å². The molecule has 0 radical (unpaired) electrons. The van der Waals surface area contributed by atoms with Crippen LogP contribution in [0.25, 0.3) is 0 Å². The molecule has 0 aliphatic carbocycles. The molecule has 2 aliphatic rings. The van der Waals surface area contributed by atoms with Gasteiger partial charge in [0.25, 0.3) is 0 Å². The van der Waals surface area contributed by atoms with Gasteiger partial charge in [-0.3, -0.25) is 9.69 Å². The highest BCUT2D eigenvalue weighted by Crippen LogP contribution is 2.20. The van der Waals surface area contributed by atoms with Gasteiger partial charge < -0.3 is 10.2 Å². The molecular weight excluding hydrogens is 308 g/mol. The Morgan fingerprint density at radius 1 is 1.57 bits per heavy atom. The molecule has 2 atom stereocenters. The predicted molar refractivity (Wildman–Crippen MR) is 91.9 cm³/mol. The van der Waals surface area contributed by atoms with Crippen molar-refractivity contribution in [2.45, 2.75) is 25.0 Å². The zero-order valence-electron chi connectivity index (χ0n) is 13.4. The average molecular weight is 330 g/mol. The summed E-state index contributed by atoms with van der Waals surface area (Å²) in [4.78, 5) is 16.7. The molecule has 2 fully saturated rings. The normalized spacial score (nSPS) is 24.1. The Bertz CT molecular complexity index is 609. The minimum atomic E-state index is -0.0495. The van der Waals surface area contributed by atoms with Crippen LogP contribution in [0, 0.1) is 11.3 Å². The first-order chi connectivity index (χ1) is 11.2. The molecule has 5 nitrogen and oxygen atoms in total. The molecule has 0 aromatic heterocycles. The molecule has 2 heterocycles. The van der Waals surface area contributed by atoms with Gasteiger partial charge >= 0.3 is 0 Å². The lowest BCUT2D eigenvalue weighted by atomic mass is 10.1. The lowest BCUT2D eigenvalue weighted by Crippen LogP contribution is -2.42. The topological polar surface area (TPSA) is 59.4 Å². The molecule has 2 saturated heterocycles. The Kier molecular flexibility index (Phi) is 5.21. The van der Waals surface area contributed by atoms with Crippen molar-refractivity contribution in [2.24, 2.45) is 0 Å². The Labute approximate surface area is 141 Å². The average Bonchev–Trinajstić information content (AvgIpc) is 3.26. The maximum absolute atomic E-state index is 12.5. The second-order valence-electron chi connectivity index (χ2n) is 6.22. The Morgan fingerprint density at radius 3 is 3.17 bits per heavy atom. The number of benzene rings is 1. The number of rotatable bonds is 4. The van der Waals surface area contributed by atoms with Gasteiger partial charge in [0, 0.05) is 31.4 Å². The molecule has 2 aliphatic heterocycles. The van der Waals surface area contributed by atoms with E-state index in [0.29, 0.717) is 11.6 Å². The summed E-state index contributed by atoms with van der Waals surface area (Å²) in [6.45, 7) is 2.51. The lowest BCUT2D eigenvalue weighted by Gasteiger charge is -2.24. The van der Waals surface area contributed by atoms with Crippen LogP contribution in [-0.4, -0.2) is 59.6 Å². The highest BCUT2D eigenvalue weighted by molar-refractivity contribution is 7.99. The van der Waals surface area contributed by atoms with Crippen LogP contribution in [0.15, 0.2) is 24.3 Å². The van der Waals surface area contributed by atoms with E-state index in [2.05, 4.69) is 23.3 Å². The summed E-state index contributed by atoms with van der Waals surface area (Å²) in [6, 6.07) is 10.2. The van der Waals surface area contributed by atoms with Crippen LogP contribution >= 0.6 is 11.8 Å². The van der Waals surface area contributed by atoms with Crippen LogP contribution < -0.4 is 5.32 Å². The third-order valence-corrected chi connectivity index (χ3v) is 5.55. The van der Waals surface area contributed by atoms with Gasteiger partial charge in [-0.2, -0.15) is 5.26 Å². The zero-order chi connectivity index (χ0) is 16.2. The smallest absolute Gasteiger partial charge is 0.240 e. The number of nitriles is 1. The summed E-state index contributed by atoms with van der Waals surface area (Å²) in [7, 11) is 2.09. The Morgan fingerprint density at radius 2 is 2.43 bits per heavy atom. The molecule has 0 bridgehead atoms. The molecule has 6 heteroatoms. The van der Waals surface area contributed by atoms with Crippen molar-refractivity contribution in [3.05, 3.63) is 35.4 Å². The van der Waals surface area contributed by atoms with Crippen molar-refractivity contribution in [3.8, 4) is 6.07 Å². The molecule has 1 aromatic rings. The highest BCUT2D eigenvalue weighted by Gasteiger charge is 2.34. The van der Waals surface area contributed by atoms with Gasteiger partial charge in [-0.25, -0.2) is 0 Å². The van der Waals surface area contributed by atoms with E-state index >= 15 is 0 Å². The summed E-state index contributed by atoms with van der Waals surface area (Å²) < 4.78 is 0. The van der Waals surface area contributed by atoms with Crippen molar-refractivity contribution in [1.29, 1.82) is 5.26 Å². The van der Waals surface area contributed by atoms with Crippen molar-refractivity contribution in [2.75, 3.05) is 31.8 Å². The van der Waals surface area contributed by atoms with Gasteiger partial charge in [0.15, 0.2) is 0 Å². The van der Waals surface area contributed by atoms with E-state index < -0.39 is 0 Å². The molecular formula is C17H22N4OS. The third-order valence-electron chi connectivity index (χ3n) is 4.58. The van der Waals surface area contributed by atoms with E-state index in [-0.39, 0.29) is 11.9 Å². The molecule has 122 valence electrons. The number of amides is 1. The summed E-state index contributed by atoms with van der Waals surface area (Å²) in [5.41, 5.74) is 1.83. The van der Waals surface area contributed by atoms with Crippen LogP contribution in [0.3, 0.4) is 0 Å². The van der Waals surface area contributed by atoms with Crippen LogP contribution in [0.2, 0.25) is 0 Å². The largest absolute Gasteiger partial charge is 0.331 e. The fourth-order valence-electron chi connectivity index (χ4n) is 3.21. The molecule has 0 unspecified atom stereocenters. The van der Waals surface area contributed by atoms with Gasteiger partial charge in [0.1, 0.15) is 0 Å². The highest BCUT2D eigenvalue weighted by atomic mass is 32.2. The first kappa shape index (κ1) is 16.3. The number of hydrogen-bond acceptors (Lipinski definition) is 5. The second kappa shape index (κ2) is 7.35. The maximum Gasteiger partial charge on any atom is 0.240 e. The third kappa shape index (κ3) is 3.86. The second-order valence-corrected chi connectivity index (χ2v) is 7.29. The van der Waals surface area contributed by atoms with Crippen LogP contribution in [0.4, 0.5) is 0 Å². The first-order valence-corrected chi connectivity index (χ1v) is 9.12. The number of nitrogens with zero attached hydrogens (tertiary/aromatic N) is 3. The summed E-state index contributed by atoms with van der Waals surface area (Å²) in [6.07, 6.45) is 0.856. The quantitative estimate of drug-likeness (QED) is 0.900. The summed E-state index contributed by atoms with van der Waals surface area (Å²) >= 11 is 1.82. The van der Waals surface area contributed by atoms with Crippen molar-refractivity contribution in [1.82, 2.24) is 15.1 Å².